The van der Waals surface area contributed by atoms with Crippen LogP contribution in [0.25, 0.3) is 95.7 Å². The van der Waals surface area contributed by atoms with Gasteiger partial charge in [0.25, 0.3) is 0 Å². The van der Waals surface area contributed by atoms with E-state index in [1.165, 1.54) is 73.0 Å². The standard InChI is InChI=1S/C42H26N4S2/c1-23-3-13-39-43-35(21-45(39)19-23)27-7-11-37-33(17-27)29-9-5-25-16-32-26(15-31(25)41(29)47-37)6-10-30-34-18-28(8-12-38(34)48-42(30)32)36-22-46-20-24(2)4-14-40(46)44-36/h3-22H,1-2H3. The van der Waals surface area contributed by atoms with E-state index in [0.717, 1.165) is 33.8 Å². The lowest BCUT2D eigenvalue weighted by molar-refractivity contribution is 1.16. The minimum Gasteiger partial charge on any atom is -0.306 e. The summed E-state index contributed by atoms with van der Waals surface area (Å²) in [7, 11) is 0. The maximum absolute atomic E-state index is 4.92. The lowest BCUT2D eigenvalue weighted by Crippen LogP contribution is -1.82. The second-order valence-corrected chi connectivity index (χ2v) is 15.1. The number of thiophene rings is 2. The molecule has 48 heavy (non-hydrogen) atoms. The molecule has 0 amide bonds. The van der Waals surface area contributed by atoms with E-state index >= 15 is 0 Å². The first-order valence-electron chi connectivity index (χ1n) is 16.1. The van der Waals surface area contributed by atoms with Gasteiger partial charge in [0.1, 0.15) is 11.3 Å². The van der Waals surface area contributed by atoms with Gasteiger partial charge in [-0.05, 0) is 84.3 Å². The van der Waals surface area contributed by atoms with Gasteiger partial charge >= 0.3 is 0 Å². The monoisotopic (exact) mass is 650 g/mol. The van der Waals surface area contributed by atoms with Gasteiger partial charge in [-0.2, -0.15) is 0 Å². The molecule has 0 atom stereocenters. The number of imidazole rings is 2. The van der Waals surface area contributed by atoms with Crippen molar-refractivity contribution >= 4 is 95.9 Å². The Morgan fingerprint density at radius 3 is 1.40 bits per heavy atom. The van der Waals surface area contributed by atoms with Crippen LogP contribution >= 0.6 is 22.7 Å². The van der Waals surface area contributed by atoms with Gasteiger partial charge in [-0.25, -0.2) is 9.97 Å². The van der Waals surface area contributed by atoms with Crippen LogP contribution in [0, 0.1) is 13.8 Å². The minimum atomic E-state index is 0.971. The van der Waals surface area contributed by atoms with E-state index in [2.05, 4.69) is 144 Å². The number of hydrogen-bond acceptors (Lipinski definition) is 4. The molecule has 0 saturated heterocycles. The first-order valence-corrected chi connectivity index (χ1v) is 17.8. The Labute approximate surface area is 282 Å². The average molecular weight is 651 g/mol. The van der Waals surface area contributed by atoms with Gasteiger partial charge < -0.3 is 8.80 Å². The van der Waals surface area contributed by atoms with Crippen molar-refractivity contribution in [3.8, 4) is 22.5 Å². The number of fused-ring (bicyclic) bond motifs is 12. The number of aromatic nitrogens is 4. The summed E-state index contributed by atoms with van der Waals surface area (Å²) >= 11 is 3.78. The molecule has 0 spiro atoms. The van der Waals surface area contributed by atoms with Gasteiger partial charge in [0.05, 0.1) is 11.4 Å². The van der Waals surface area contributed by atoms with E-state index < -0.39 is 0 Å². The fourth-order valence-electron chi connectivity index (χ4n) is 7.42. The molecule has 0 aliphatic heterocycles. The largest absolute Gasteiger partial charge is 0.306 e. The normalized spacial score (nSPS) is 12.4. The van der Waals surface area contributed by atoms with Crippen molar-refractivity contribution in [1.29, 1.82) is 0 Å². The Bertz CT molecular complexity index is 2940. The Morgan fingerprint density at radius 1 is 0.438 bits per heavy atom. The van der Waals surface area contributed by atoms with E-state index in [1.807, 2.05) is 22.7 Å². The van der Waals surface area contributed by atoms with Crippen LogP contribution in [-0.4, -0.2) is 18.8 Å². The van der Waals surface area contributed by atoms with E-state index in [-0.39, 0.29) is 0 Å². The molecule has 4 nitrogen and oxygen atoms in total. The summed E-state index contributed by atoms with van der Waals surface area (Å²) in [5.41, 5.74) is 8.69. The Balaban J connectivity index is 1.05. The molecule has 0 aliphatic rings. The molecule has 0 unspecified atom stereocenters. The molecule has 5 aromatic carbocycles. The van der Waals surface area contributed by atoms with Gasteiger partial charge in [0, 0.05) is 87.0 Å². The zero-order valence-corrected chi connectivity index (χ0v) is 27.8. The highest BCUT2D eigenvalue weighted by Crippen LogP contribution is 2.44. The van der Waals surface area contributed by atoms with Gasteiger partial charge in [-0.3, -0.25) is 0 Å². The number of rotatable bonds is 2. The number of pyridine rings is 2. The lowest BCUT2D eigenvalue weighted by atomic mass is 9.99. The summed E-state index contributed by atoms with van der Waals surface area (Å²) in [6.07, 6.45) is 8.53. The number of benzene rings is 5. The third-order valence-electron chi connectivity index (χ3n) is 9.81. The maximum atomic E-state index is 4.92. The second-order valence-electron chi connectivity index (χ2n) is 13.0. The van der Waals surface area contributed by atoms with Crippen LogP contribution in [0.3, 0.4) is 0 Å². The topological polar surface area (TPSA) is 34.6 Å². The molecule has 11 rings (SSSR count). The van der Waals surface area contributed by atoms with Crippen molar-refractivity contribution in [3.05, 3.63) is 133 Å². The van der Waals surface area contributed by atoms with Crippen molar-refractivity contribution in [2.45, 2.75) is 13.8 Å². The SMILES string of the molecule is Cc1ccc2nc(-c3ccc4sc5c6cc7ccc8c9cc(-c%10cn%11cc(C)ccc%11n%10)ccc9sc8c7cc6ccc5c4c3)cn2c1. The summed E-state index contributed by atoms with van der Waals surface area (Å²) in [6.45, 7) is 4.23. The highest BCUT2D eigenvalue weighted by molar-refractivity contribution is 7.27. The van der Waals surface area contributed by atoms with Crippen molar-refractivity contribution in [3.63, 3.8) is 0 Å². The van der Waals surface area contributed by atoms with Gasteiger partial charge in [-0.15, -0.1) is 22.7 Å². The second kappa shape index (κ2) is 9.50. The Morgan fingerprint density at radius 2 is 0.917 bits per heavy atom. The molecule has 6 heterocycles. The zero-order chi connectivity index (χ0) is 31.7. The van der Waals surface area contributed by atoms with Gasteiger partial charge in [0.15, 0.2) is 0 Å². The molecular weight excluding hydrogens is 625 g/mol. The van der Waals surface area contributed by atoms with Crippen LogP contribution in [0.15, 0.2) is 122 Å². The number of hydrogen-bond donors (Lipinski definition) is 0. The quantitative estimate of drug-likeness (QED) is 0.175. The van der Waals surface area contributed by atoms with E-state index in [1.54, 1.807) is 0 Å². The van der Waals surface area contributed by atoms with Crippen LogP contribution in [0.1, 0.15) is 11.1 Å². The third kappa shape index (κ3) is 3.81. The number of nitrogens with zero attached hydrogens (tertiary/aromatic N) is 4. The van der Waals surface area contributed by atoms with Crippen molar-refractivity contribution in [1.82, 2.24) is 18.8 Å². The third-order valence-corrected chi connectivity index (χ3v) is 12.3. The molecular formula is C42H26N4S2. The van der Waals surface area contributed by atoms with Crippen LogP contribution in [0.4, 0.5) is 0 Å². The molecule has 0 N–H and O–H groups in total. The van der Waals surface area contributed by atoms with Crippen molar-refractivity contribution < 1.29 is 0 Å². The van der Waals surface area contributed by atoms with Gasteiger partial charge in [0.2, 0.25) is 0 Å². The summed E-state index contributed by atoms with van der Waals surface area (Å²) in [6, 6.07) is 36.0. The summed E-state index contributed by atoms with van der Waals surface area (Å²) < 4.78 is 9.53. The molecule has 0 aliphatic carbocycles. The minimum absolute atomic E-state index is 0.971. The van der Waals surface area contributed by atoms with Crippen molar-refractivity contribution in [2.75, 3.05) is 0 Å². The van der Waals surface area contributed by atoms with E-state index in [0.29, 0.717) is 0 Å². The summed E-state index contributed by atoms with van der Waals surface area (Å²) in [4.78, 5) is 9.83. The fourth-order valence-corrected chi connectivity index (χ4v) is 9.83. The molecule has 0 radical (unpaired) electrons. The molecule has 226 valence electrons. The zero-order valence-electron chi connectivity index (χ0n) is 26.2. The van der Waals surface area contributed by atoms with Crippen LogP contribution < -0.4 is 0 Å². The lowest BCUT2D eigenvalue weighted by Gasteiger charge is -2.05. The van der Waals surface area contributed by atoms with E-state index in [9.17, 15) is 0 Å². The predicted octanol–water partition coefficient (Wildman–Crippen LogP) is 12.0. The maximum Gasteiger partial charge on any atom is 0.137 e. The number of aryl methyl sites for hydroxylation is 2. The Hall–Kier alpha value is -5.56. The summed E-state index contributed by atoms with van der Waals surface area (Å²) in [5.74, 6) is 0. The molecule has 6 heteroatoms. The molecule has 0 saturated carbocycles. The average Bonchev–Trinajstić information content (AvgIpc) is 3.88. The molecule has 11 aromatic rings. The van der Waals surface area contributed by atoms with Crippen LogP contribution in [0.2, 0.25) is 0 Å². The van der Waals surface area contributed by atoms with Gasteiger partial charge in [-0.1, -0.05) is 48.5 Å². The predicted molar refractivity (Wildman–Crippen MR) is 205 cm³/mol. The molecule has 6 aromatic heterocycles. The Kier molecular flexibility index (Phi) is 5.25. The van der Waals surface area contributed by atoms with Crippen LogP contribution in [-0.2, 0) is 0 Å². The smallest absolute Gasteiger partial charge is 0.137 e. The molecule has 0 fully saturated rings. The summed E-state index contributed by atoms with van der Waals surface area (Å²) in [5, 5.41) is 10.4. The van der Waals surface area contributed by atoms with E-state index in [4.69, 9.17) is 9.97 Å². The first kappa shape index (κ1) is 26.5. The highest BCUT2D eigenvalue weighted by atomic mass is 32.1. The van der Waals surface area contributed by atoms with Crippen molar-refractivity contribution in [2.24, 2.45) is 0 Å². The molecule has 0 bridgehead atoms. The van der Waals surface area contributed by atoms with Crippen LogP contribution in [0.5, 0.6) is 0 Å². The first-order chi connectivity index (χ1) is 23.5. The highest BCUT2D eigenvalue weighted by Gasteiger charge is 2.15. The fraction of sp³-hybridized carbons (Fsp3) is 0.0476.